The number of benzene rings is 1. The standard InChI is InChI=1S/C17H17N3O/c1-12-6-2-3-9-14(12)17(21)20-19-15-10-4-7-13-8-5-11-18-16(13)15/h2-3,5-6,8-9,11H,4,7,10H2,1H3,(H,20,21)/b19-15+. The Morgan fingerprint density at radius 1 is 1.19 bits per heavy atom. The second-order valence-electron chi connectivity index (χ2n) is 5.18. The SMILES string of the molecule is Cc1ccccc1C(=O)N/N=C1\CCCc2cccnc21. The number of aromatic nitrogens is 1. The number of nitrogens with zero attached hydrogens (tertiary/aromatic N) is 2. The van der Waals surface area contributed by atoms with E-state index in [-0.39, 0.29) is 5.91 Å². The molecule has 1 aliphatic carbocycles. The smallest absolute Gasteiger partial charge is 0.267 e. The maximum absolute atomic E-state index is 12.2. The summed E-state index contributed by atoms with van der Waals surface area (Å²) < 4.78 is 0. The summed E-state index contributed by atoms with van der Waals surface area (Å²) in [6.07, 6.45) is 4.67. The number of rotatable bonds is 2. The molecular weight excluding hydrogens is 262 g/mol. The third kappa shape index (κ3) is 2.84. The Morgan fingerprint density at radius 3 is 2.90 bits per heavy atom. The Kier molecular flexibility index (Phi) is 3.77. The van der Waals surface area contributed by atoms with Crippen LogP contribution in [0.25, 0.3) is 0 Å². The van der Waals surface area contributed by atoms with E-state index in [1.165, 1.54) is 5.56 Å². The van der Waals surface area contributed by atoms with Crippen LogP contribution in [0, 0.1) is 6.92 Å². The van der Waals surface area contributed by atoms with Gasteiger partial charge >= 0.3 is 0 Å². The van der Waals surface area contributed by atoms with Crippen molar-refractivity contribution in [2.75, 3.05) is 0 Å². The minimum absolute atomic E-state index is 0.177. The average molecular weight is 279 g/mol. The van der Waals surface area contributed by atoms with Crippen molar-refractivity contribution in [3.8, 4) is 0 Å². The molecule has 1 amide bonds. The van der Waals surface area contributed by atoms with Gasteiger partial charge in [-0.05, 0) is 49.4 Å². The van der Waals surface area contributed by atoms with Crippen LogP contribution in [-0.4, -0.2) is 16.6 Å². The Morgan fingerprint density at radius 2 is 2.05 bits per heavy atom. The molecule has 0 atom stereocenters. The zero-order chi connectivity index (χ0) is 14.7. The number of carbonyl (C=O) groups excluding carboxylic acids is 1. The molecule has 4 heteroatoms. The Balaban J connectivity index is 1.82. The molecule has 0 bridgehead atoms. The lowest BCUT2D eigenvalue weighted by atomic mass is 9.94. The maximum Gasteiger partial charge on any atom is 0.271 e. The van der Waals surface area contributed by atoms with Crippen molar-refractivity contribution in [2.45, 2.75) is 26.2 Å². The van der Waals surface area contributed by atoms with Crippen LogP contribution in [0.4, 0.5) is 0 Å². The molecule has 1 N–H and O–H groups in total. The molecule has 3 rings (SSSR count). The van der Waals surface area contributed by atoms with Gasteiger partial charge in [-0.2, -0.15) is 5.10 Å². The Hall–Kier alpha value is -2.49. The van der Waals surface area contributed by atoms with E-state index in [0.717, 1.165) is 36.2 Å². The molecule has 21 heavy (non-hydrogen) atoms. The Labute approximate surface area is 123 Å². The summed E-state index contributed by atoms with van der Waals surface area (Å²) in [4.78, 5) is 16.6. The summed E-state index contributed by atoms with van der Waals surface area (Å²) in [6, 6.07) is 11.5. The fraction of sp³-hybridized carbons (Fsp3) is 0.235. The van der Waals surface area contributed by atoms with Gasteiger partial charge in [-0.15, -0.1) is 0 Å². The lowest BCUT2D eigenvalue weighted by Gasteiger charge is -2.16. The second kappa shape index (κ2) is 5.87. The highest BCUT2D eigenvalue weighted by molar-refractivity contribution is 6.02. The molecule has 2 aromatic rings. The fourth-order valence-electron chi connectivity index (χ4n) is 2.58. The molecular formula is C17H17N3O. The normalized spacial score (nSPS) is 15.6. The summed E-state index contributed by atoms with van der Waals surface area (Å²) in [5.74, 6) is -0.177. The molecule has 106 valence electrons. The zero-order valence-electron chi connectivity index (χ0n) is 12.0. The van der Waals surface area contributed by atoms with Crippen molar-refractivity contribution in [1.82, 2.24) is 10.4 Å². The molecule has 1 aromatic heterocycles. The minimum atomic E-state index is -0.177. The molecule has 1 aliphatic rings. The van der Waals surface area contributed by atoms with Gasteiger partial charge in [0.2, 0.25) is 0 Å². The quantitative estimate of drug-likeness (QED) is 0.859. The number of carbonyl (C=O) groups is 1. The van der Waals surface area contributed by atoms with E-state index < -0.39 is 0 Å². The monoisotopic (exact) mass is 279 g/mol. The predicted molar refractivity (Wildman–Crippen MR) is 82.4 cm³/mol. The van der Waals surface area contributed by atoms with Crippen LogP contribution in [0.3, 0.4) is 0 Å². The maximum atomic E-state index is 12.2. The number of nitrogens with one attached hydrogen (secondary N) is 1. The van der Waals surface area contributed by atoms with Crippen molar-refractivity contribution < 1.29 is 4.79 Å². The third-order valence-corrected chi connectivity index (χ3v) is 3.71. The topological polar surface area (TPSA) is 54.4 Å². The minimum Gasteiger partial charge on any atom is -0.267 e. The van der Waals surface area contributed by atoms with Crippen LogP contribution in [0.5, 0.6) is 0 Å². The van der Waals surface area contributed by atoms with Gasteiger partial charge in [0, 0.05) is 11.8 Å². The van der Waals surface area contributed by atoms with Crippen molar-refractivity contribution in [2.24, 2.45) is 5.10 Å². The van der Waals surface area contributed by atoms with Crippen molar-refractivity contribution in [3.05, 3.63) is 65.0 Å². The number of hydrogen-bond donors (Lipinski definition) is 1. The van der Waals surface area contributed by atoms with Crippen LogP contribution >= 0.6 is 0 Å². The summed E-state index contributed by atoms with van der Waals surface area (Å²) in [5.41, 5.74) is 7.23. The first kappa shape index (κ1) is 13.5. The van der Waals surface area contributed by atoms with E-state index in [9.17, 15) is 4.79 Å². The van der Waals surface area contributed by atoms with Gasteiger partial charge in [-0.3, -0.25) is 9.78 Å². The van der Waals surface area contributed by atoms with Crippen LogP contribution in [-0.2, 0) is 6.42 Å². The van der Waals surface area contributed by atoms with Gasteiger partial charge in [-0.1, -0.05) is 24.3 Å². The van der Waals surface area contributed by atoms with E-state index in [4.69, 9.17) is 0 Å². The van der Waals surface area contributed by atoms with Crippen molar-refractivity contribution in [1.29, 1.82) is 0 Å². The molecule has 0 fully saturated rings. The second-order valence-corrected chi connectivity index (χ2v) is 5.18. The van der Waals surface area contributed by atoms with Crippen LogP contribution < -0.4 is 5.43 Å². The molecule has 0 radical (unpaired) electrons. The highest BCUT2D eigenvalue weighted by Crippen LogP contribution is 2.19. The van der Waals surface area contributed by atoms with E-state index in [0.29, 0.717) is 5.56 Å². The summed E-state index contributed by atoms with van der Waals surface area (Å²) in [7, 11) is 0. The molecule has 0 aliphatic heterocycles. The predicted octanol–water partition coefficient (Wildman–Crippen LogP) is 2.86. The van der Waals surface area contributed by atoms with Crippen LogP contribution in [0.15, 0.2) is 47.7 Å². The van der Waals surface area contributed by atoms with Crippen molar-refractivity contribution >= 4 is 11.6 Å². The largest absolute Gasteiger partial charge is 0.271 e. The first-order valence-electron chi connectivity index (χ1n) is 7.12. The zero-order valence-corrected chi connectivity index (χ0v) is 12.0. The van der Waals surface area contributed by atoms with E-state index >= 15 is 0 Å². The first-order valence-corrected chi connectivity index (χ1v) is 7.12. The highest BCUT2D eigenvalue weighted by atomic mass is 16.2. The molecule has 0 unspecified atom stereocenters. The molecule has 0 spiro atoms. The molecule has 4 nitrogen and oxygen atoms in total. The highest BCUT2D eigenvalue weighted by Gasteiger charge is 2.17. The number of fused-ring (bicyclic) bond motifs is 1. The summed E-state index contributed by atoms with van der Waals surface area (Å²) in [5, 5.41) is 4.30. The van der Waals surface area contributed by atoms with Gasteiger partial charge < -0.3 is 0 Å². The van der Waals surface area contributed by atoms with E-state index in [1.54, 1.807) is 12.3 Å². The molecule has 1 heterocycles. The third-order valence-electron chi connectivity index (χ3n) is 3.71. The first-order chi connectivity index (χ1) is 10.3. The van der Waals surface area contributed by atoms with E-state index in [1.807, 2.05) is 31.2 Å². The number of hydrazone groups is 1. The van der Waals surface area contributed by atoms with Crippen molar-refractivity contribution in [3.63, 3.8) is 0 Å². The number of amides is 1. The average Bonchev–Trinajstić information content (AvgIpc) is 2.53. The summed E-state index contributed by atoms with van der Waals surface area (Å²) >= 11 is 0. The fourth-order valence-corrected chi connectivity index (χ4v) is 2.58. The van der Waals surface area contributed by atoms with Crippen LogP contribution in [0.1, 0.15) is 40.0 Å². The molecule has 1 aromatic carbocycles. The number of pyridine rings is 1. The van der Waals surface area contributed by atoms with Gasteiger partial charge in [0.25, 0.3) is 5.91 Å². The van der Waals surface area contributed by atoms with Crippen LogP contribution in [0.2, 0.25) is 0 Å². The Bertz CT molecular complexity index is 707. The van der Waals surface area contributed by atoms with Gasteiger partial charge in [0.1, 0.15) is 0 Å². The van der Waals surface area contributed by atoms with Gasteiger partial charge in [0.05, 0.1) is 11.4 Å². The van der Waals surface area contributed by atoms with E-state index in [2.05, 4.69) is 21.6 Å². The van der Waals surface area contributed by atoms with Gasteiger partial charge in [-0.25, -0.2) is 5.43 Å². The summed E-state index contributed by atoms with van der Waals surface area (Å²) in [6.45, 7) is 1.92. The lowest BCUT2D eigenvalue weighted by molar-refractivity contribution is 0.0954. The molecule has 0 saturated heterocycles. The number of hydrogen-bond acceptors (Lipinski definition) is 3. The molecule has 0 saturated carbocycles. The number of aryl methyl sites for hydroxylation is 2. The lowest BCUT2D eigenvalue weighted by Crippen LogP contribution is -2.23. The van der Waals surface area contributed by atoms with Gasteiger partial charge in [0.15, 0.2) is 0 Å².